The van der Waals surface area contributed by atoms with Crippen LogP contribution >= 0.6 is 11.3 Å². The average Bonchev–Trinajstić information content (AvgIpc) is 2.91. The molecule has 1 aliphatic carbocycles. The van der Waals surface area contributed by atoms with Crippen LogP contribution in [-0.2, 0) is 6.42 Å². The van der Waals surface area contributed by atoms with Crippen molar-refractivity contribution >= 4 is 11.3 Å². The molecule has 1 aliphatic rings. The van der Waals surface area contributed by atoms with Crippen LogP contribution < -0.4 is 5.73 Å². The summed E-state index contributed by atoms with van der Waals surface area (Å²) in [6.45, 7) is 0. The maximum absolute atomic E-state index is 5.96. The molecule has 1 heterocycles. The van der Waals surface area contributed by atoms with Gasteiger partial charge in [-0.05, 0) is 31.6 Å². The van der Waals surface area contributed by atoms with Crippen molar-refractivity contribution in [3.05, 3.63) is 40.7 Å². The topological polar surface area (TPSA) is 38.9 Å². The molecule has 2 N–H and O–H groups in total. The van der Waals surface area contributed by atoms with E-state index in [0.29, 0.717) is 6.04 Å². The molecule has 100 valence electrons. The molecular weight excluding hydrogens is 252 g/mol. The smallest absolute Gasteiger partial charge is 0.0935 e. The molecule has 1 aromatic carbocycles. The Bertz CT molecular complexity index is 513. The van der Waals surface area contributed by atoms with Crippen molar-refractivity contribution in [2.75, 3.05) is 0 Å². The van der Waals surface area contributed by atoms with Gasteiger partial charge in [0.05, 0.1) is 10.7 Å². The second-order valence-electron chi connectivity index (χ2n) is 5.48. The predicted molar refractivity (Wildman–Crippen MR) is 81.2 cm³/mol. The predicted octanol–water partition coefficient (Wildman–Crippen LogP) is 3.87. The standard InChI is InChI=1S/C16H20N2S/c17-14-8-6-12(7-9-14)10-16-18-15(11-19-16)13-4-2-1-3-5-13/h1-5,11-12,14H,6-10,17H2. The van der Waals surface area contributed by atoms with E-state index in [-0.39, 0.29) is 0 Å². The molecule has 0 radical (unpaired) electrons. The van der Waals surface area contributed by atoms with Crippen LogP contribution in [0.25, 0.3) is 11.3 Å². The molecule has 0 bridgehead atoms. The van der Waals surface area contributed by atoms with E-state index in [1.165, 1.54) is 36.3 Å². The molecule has 3 heteroatoms. The van der Waals surface area contributed by atoms with Crippen molar-refractivity contribution in [3.8, 4) is 11.3 Å². The maximum atomic E-state index is 5.96. The number of aromatic nitrogens is 1. The van der Waals surface area contributed by atoms with E-state index in [1.807, 2.05) is 6.07 Å². The minimum Gasteiger partial charge on any atom is -0.328 e. The van der Waals surface area contributed by atoms with Crippen LogP contribution in [0.5, 0.6) is 0 Å². The highest BCUT2D eigenvalue weighted by Crippen LogP contribution is 2.29. The summed E-state index contributed by atoms with van der Waals surface area (Å²) < 4.78 is 0. The number of hydrogen-bond donors (Lipinski definition) is 1. The minimum atomic E-state index is 0.437. The highest BCUT2D eigenvalue weighted by Gasteiger charge is 2.19. The fourth-order valence-corrected chi connectivity index (χ4v) is 3.70. The van der Waals surface area contributed by atoms with Crippen LogP contribution in [0.3, 0.4) is 0 Å². The molecule has 0 saturated heterocycles. The van der Waals surface area contributed by atoms with Crippen LogP contribution in [-0.4, -0.2) is 11.0 Å². The maximum Gasteiger partial charge on any atom is 0.0935 e. The molecule has 2 nitrogen and oxygen atoms in total. The largest absolute Gasteiger partial charge is 0.328 e. The first-order valence-corrected chi connectivity index (χ1v) is 7.94. The van der Waals surface area contributed by atoms with Crippen LogP contribution in [0.4, 0.5) is 0 Å². The summed E-state index contributed by atoms with van der Waals surface area (Å²) in [4.78, 5) is 4.78. The lowest BCUT2D eigenvalue weighted by molar-refractivity contribution is 0.324. The van der Waals surface area contributed by atoms with Gasteiger partial charge in [0.1, 0.15) is 0 Å². The zero-order chi connectivity index (χ0) is 13.1. The van der Waals surface area contributed by atoms with Gasteiger partial charge in [-0.15, -0.1) is 11.3 Å². The number of thiazole rings is 1. The van der Waals surface area contributed by atoms with E-state index >= 15 is 0 Å². The van der Waals surface area contributed by atoms with Crippen molar-refractivity contribution in [1.29, 1.82) is 0 Å². The van der Waals surface area contributed by atoms with E-state index in [1.54, 1.807) is 11.3 Å². The van der Waals surface area contributed by atoms with Gasteiger partial charge in [-0.3, -0.25) is 0 Å². The molecular formula is C16H20N2S. The van der Waals surface area contributed by atoms with Gasteiger partial charge in [-0.2, -0.15) is 0 Å². The number of hydrogen-bond acceptors (Lipinski definition) is 3. The highest BCUT2D eigenvalue weighted by molar-refractivity contribution is 7.09. The molecule has 1 aromatic heterocycles. The van der Waals surface area contributed by atoms with E-state index in [4.69, 9.17) is 10.7 Å². The molecule has 1 saturated carbocycles. The lowest BCUT2D eigenvalue weighted by atomic mass is 9.85. The quantitative estimate of drug-likeness (QED) is 0.921. The first-order valence-electron chi connectivity index (χ1n) is 7.06. The number of nitrogens with zero attached hydrogens (tertiary/aromatic N) is 1. The van der Waals surface area contributed by atoms with Crippen LogP contribution in [0.15, 0.2) is 35.7 Å². The second-order valence-corrected chi connectivity index (χ2v) is 6.42. The molecule has 1 fully saturated rings. The Morgan fingerprint density at radius 3 is 2.58 bits per heavy atom. The summed E-state index contributed by atoms with van der Waals surface area (Å²) >= 11 is 1.80. The third kappa shape index (κ3) is 3.23. The molecule has 0 aliphatic heterocycles. The van der Waals surface area contributed by atoms with Crippen LogP contribution in [0.2, 0.25) is 0 Å². The molecule has 0 amide bonds. The van der Waals surface area contributed by atoms with Crippen molar-refractivity contribution in [2.24, 2.45) is 11.7 Å². The molecule has 0 spiro atoms. The Hall–Kier alpha value is -1.19. The third-order valence-electron chi connectivity index (χ3n) is 3.98. The van der Waals surface area contributed by atoms with E-state index in [2.05, 4.69) is 29.6 Å². The lowest BCUT2D eigenvalue weighted by Crippen LogP contribution is -2.27. The number of rotatable bonds is 3. The monoisotopic (exact) mass is 272 g/mol. The summed E-state index contributed by atoms with van der Waals surface area (Å²) in [6.07, 6.45) is 6.02. The Morgan fingerprint density at radius 2 is 1.84 bits per heavy atom. The molecule has 0 unspecified atom stereocenters. The second kappa shape index (κ2) is 5.85. The normalized spacial score (nSPS) is 23.4. The Kier molecular flexibility index (Phi) is 3.95. The lowest BCUT2D eigenvalue weighted by Gasteiger charge is -2.25. The van der Waals surface area contributed by atoms with Gasteiger partial charge in [0.2, 0.25) is 0 Å². The summed E-state index contributed by atoms with van der Waals surface area (Å²) in [6, 6.07) is 10.9. The Morgan fingerprint density at radius 1 is 1.11 bits per heavy atom. The van der Waals surface area contributed by atoms with E-state index < -0.39 is 0 Å². The molecule has 19 heavy (non-hydrogen) atoms. The summed E-state index contributed by atoms with van der Waals surface area (Å²) in [5, 5.41) is 3.46. The van der Waals surface area contributed by atoms with Gasteiger partial charge < -0.3 is 5.73 Å². The van der Waals surface area contributed by atoms with Crippen molar-refractivity contribution in [3.63, 3.8) is 0 Å². The van der Waals surface area contributed by atoms with E-state index in [0.717, 1.165) is 18.0 Å². The summed E-state index contributed by atoms with van der Waals surface area (Å²) in [7, 11) is 0. The van der Waals surface area contributed by atoms with Crippen LogP contribution in [0, 0.1) is 5.92 Å². The summed E-state index contributed by atoms with van der Waals surface area (Å²) in [5.74, 6) is 0.787. The highest BCUT2D eigenvalue weighted by atomic mass is 32.1. The zero-order valence-corrected chi connectivity index (χ0v) is 11.9. The van der Waals surface area contributed by atoms with Gasteiger partial charge in [0.25, 0.3) is 0 Å². The van der Waals surface area contributed by atoms with Gasteiger partial charge in [0, 0.05) is 23.4 Å². The minimum absolute atomic E-state index is 0.437. The van der Waals surface area contributed by atoms with Crippen LogP contribution in [0.1, 0.15) is 30.7 Å². The van der Waals surface area contributed by atoms with Gasteiger partial charge in [0.15, 0.2) is 0 Å². The summed E-state index contributed by atoms with van der Waals surface area (Å²) in [5.41, 5.74) is 8.29. The molecule has 0 atom stereocenters. The third-order valence-corrected chi connectivity index (χ3v) is 4.85. The van der Waals surface area contributed by atoms with Crippen molar-refractivity contribution in [1.82, 2.24) is 4.98 Å². The Balaban J connectivity index is 1.65. The molecule has 3 rings (SSSR count). The fraction of sp³-hybridized carbons (Fsp3) is 0.438. The van der Waals surface area contributed by atoms with Crippen molar-refractivity contribution in [2.45, 2.75) is 38.1 Å². The van der Waals surface area contributed by atoms with Gasteiger partial charge in [-0.25, -0.2) is 4.98 Å². The van der Waals surface area contributed by atoms with Gasteiger partial charge in [-0.1, -0.05) is 30.3 Å². The number of nitrogens with two attached hydrogens (primary N) is 1. The zero-order valence-electron chi connectivity index (χ0n) is 11.1. The van der Waals surface area contributed by atoms with Crippen molar-refractivity contribution < 1.29 is 0 Å². The van der Waals surface area contributed by atoms with E-state index in [9.17, 15) is 0 Å². The number of benzene rings is 1. The first kappa shape index (κ1) is 12.8. The first-order chi connectivity index (χ1) is 9.31. The average molecular weight is 272 g/mol. The Labute approximate surface area is 118 Å². The van der Waals surface area contributed by atoms with Gasteiger partial charge >= 0.3 is 0 Å². The fourth-order valence-electron chi connectivity index (χ4n) is 2.79. The molecule has 2 aromatic rings. The SMILES string of the molecule is NC1CCC(Cc2nc(-c3ccccc3)cs2)CC1.